The molecular formula is C14H25N3O3. The van der Waals surface area contributed by atoms with Crippen LogP contribution in [0.2, 0.25) is 0 Å². The number of piperidine rings is 2. The van der Waals surface area contributed by atoms with Gasteiger partial charge >= 0.3 is 0 Å². The van der Waals surface area contributed by atoms with E-state index in [4.69, 9.17) is 10.5 Å². The quantitative estimate of drug-likeness (QED) is 0.752. The van der Waals surface area contributed by atoms with Crippen molar-refractivity contribution < 1.29 is 14.3 Å². The van der Waals surface area contributed by atoms with Crippen LogP contribution in [0.3, 0.4) is 0 Å². The van der Waals surface area contributed by atoms with Crippen LogP contribution in [0.1, 0.15) is 32.6 Å². The summed E-state index contributed by atoms with van der Waals surface area (Å²) in [6.45, 7) is 4.45. The van der Waals surface area contributed by atoms with Gasteiger partial charge in [-0.3, -0.25) is 9.59 Å². The summed E-state index contributed by atoms with van der Waals surface area (Å²) in [5.74, 6) is -0.551. The Labute approximate surface area is 120 Å². The molecular weight excluding hydrogens is 258 g/mol. The Kier molecular flexibility index (Phi) is 5.37. The van der Waals surface area contributed by atoms with Crippen LogP contribution in [-0.4, -0.2) is 55.1 Å². The summed E-state index contributed by atoms with van der Waals surface area (Å²) in [5, 5.41) is 3.26. The molecule has 6 nitrogen and oxygen atoms in total. The Balaban J connectivity index is 1.81. The number of carbonyl (C=O) groups is 2. The molecule has 114 valence electrons. The molecule has 2 rings (SSSR count). The van der Waals surface area contributed by atoms with E-state index in [9.17, 15) is 9.59 Å². The highest BCUT2D eigenvalue weighted by Gasteiger charge is 2.31. The van der Waals surface area contributed by atoms with Gasteiger partial charge in [-0.1, -0.05) is 0 Å². The molecule has 0 aliphatic carbocycles. The maximum absolute atomic E-state index is 12.3. The Morgan fingerprint density at radius 1 is 1.25 bits per heavy atom. The van der Waals surface area contributed by atoms with Gasteiger partial charge in [0.25, 0.3) is 0 Å². The van der Waals surface area contributed by atoms with E-state index in [1.54, 1.807) is 4.90 Å². The van der Waals surface area contributed by atoms with Gasteiger partial charge in [-0.2, -0.15) is 0 Å². The van der Waals surface area contributed by atoms with Gasteiger partial charge in [-0.05, 0) is 45.7 Å². The standard InChI is InChI=1S/C14H25N3O3/c1-10-2-3-11(14(15)19)8-17(10)13(18)9-20-12-4-6-16-7-5-12/h10-12,16H,2-9H2,1H3,(H2,15,19). The first kappa shape index (κ1) is 15.3. The lowest BCUT2D eigenvalue weighted by Gasteiger charge is -2.37. The second kappa shape index (κ2) is 7.04. The van der Waals surface area contributed by atoms with E-state index in [-0.39, 0.29) is 36.5 Å². The molecule has 2 saturated heterocycles. The number of nitrogens with zero attached hydrogens (tertiary/aromatic N) is 1. The van der Waals surface area contributed by atoms with Crippen molar-refractivity contribution in [2.75, 3.05) is 26.2 Å². The predicted octanol–water partition coefficient (Wildman–Crippen LogP) is -0.133. The molecule has 2 unspecified atom stereocenters. The SMILES string of the molecule is CC1CCC(C(N)=O)CN1C(=O)COC1CCNCC1. The smallest absolute Gasteiger partial charge is 0.248 e. The largest absolute Gasteiger partial charge is 0.369 e. The lowest BCUT2D eigenvalue weighted by Crippen LogP contribution is -2.50. The first-order chi connectivity index (χ1) is 9.58. The fourth-order valence-electron chi connectivity index (χ4n) is 2.92. The minimum absolute atomic E-state index is 0.0259. The number of hydrogen-bond donors (Lipinski definition) is 2. The minimum atomic E-state index is -0.311. The predicted molar refractivity (Wildman–Crippen MR) is 74.9 cm³/mol. The average molecular weight is 283 g/mol. The molecule has 2 fully saturated rings. The van der Waals surface area contributed by atoms with Crippen molar-refractivity contribution in [2.45, 2.75) is 44.8 Å². The van der Waals surface area contributed by atoms with Gasteiger partial charge in [0.05, 0.1) is 12.0 Å². The highest BCUT2D eigenvalue weighted by molar-refractivity contribution is 5.81. The molecule has 0 spiro atoms. The number of hydrogen-bond acceptors (Lipinski definition) is 4. The molecule has 6 heteroatoms. The van der Waals surface area contributed by atoms with Crippen LogP contribution in [0.5, 0.6) is 0 Å². The van der Waals surface area contributed by atoms with Gasteiger partial charge in [0.15, 0.2) is 0 Å². The molecule has 0 aromatic rings. The van der Waals surface area contributed by atoms with Crippen LogP contribution in [0.4, 0.5) is 0 Å². The van der Waals surface area contributed by atoms with E-state index >= 15 is 0 Å². The summed E-state index contributed by atoms with van der Waals surface area (Å²) in [4.78, 5) is 25.3. The van der Waals surface area contributed by atoms with Gasteiger partial charge in [-0.15, -0.1) is 0 Å². The average Bonchev–Trinajstić information content (AvgIpc) is 2.46. The number of rotatable bonds is 4. The molecule has 2 amide bonds. The van der Waals surface area contributed by atoms with E-state index in [0.717, 1.165) is 38.8 Å². The maximum Gasteiger partial charge on any atom is 0.248 e. The van der Waals surface area contributed by atoms with Crippen molar-refractivity contribution in [1.29, 1.82) is 0 Å². The van der Waals surface area contributed by atoms with Crippen LogP contribution in [0.25, 0.3) is 0 Å². The first-order valence-corrected chi connectivity index (χ1v) is 7.49. The van der Waals surface area contributed by atoms with E-state index in [1.807, 2.05) is 6.92 Å². The molecule has 0 bridgehead atoms. The van der Waals surface area contributed by atoms with Gasteiger partial charge in [0.1, 0.15) is 6.61 Å². The van der Waals surface area contributed by atoms with E-state index in [1.165, 1.54) is 0 Å². The van der Waals surface area contributed by atoms with E-state index in [2.05, 4.69) is 5.32 Å². The van der Waals surface area contributed by atoms with Crippen molar-refractivity contribution in [3.63, 3.8) is 0 Å². The molecule has 0 radical (unpaired) electrons. The monoisotopic (exact) mass is 283 g/mol. The molecule has 2 atom stereocenters. The Morgan fingerprint density at radius 3 is 2.60 bits per heavy atom. The fourth-order valence-corrected chi connectivity index (χ4v) is 2.92. The summed E-state index contributed by atoms with van der Waals surface area (Å²) in [6, 6.07) is 0.162. The second-order valence-electron chi connectivity index (χ2n) is 5.83. The van der Waals surface area contributed by atoms with Crippen LogP contribution in [0.15, 0.2) is 0 Å². The third-order valence-corrected chi connectivity index (χ3v) is 4.33. The number of carbonyl (C=O) groups excluding carboxylic acids is 2. The van der Waals surface area contributed by atoms with Crippen molar-refractivity contribution >= 4 is 11.8 Å². The Morgan fingerprint density at radius 2 is 1.95 bits per heavy atom. The van der Waals surface area contributed by atoms with Gasteiger partial charge in [0.2, 0.25) is 11.8 Å². The fraction of sp³-hybridized carbons (Fsp3) is 0.857. The van der Waals surface area contributed by atoms with Gasteiger partial charge < -0.3 is 20.7 Å². The van der Waals surface area contributed by atoms with Crippen molar-refractivity contribution in [2.24, 2.45) is 11.7 Å². The molecule has 2 heterocycles. The number of amides is 2. The number of primary amides is 1. The zero-order valence-electron chi connectivity index (χ0n) is 12.1. The molecule has 20 heavy (non-hydrogen) atoms. The highest BCUT2D eigenvalue weighted by Crippen LogP contribution is 2.22. The zero-order chi connectivity index (χ0) is 14.5. The van der Waals surface area contributed by atoms with E-state index in [0.29, 0.717) is 6.54 Å². The molecule has 0 saturated carbocycles. The summed E-state index contributed by atoms with van der Waals surface area (Å²) >= 11 is 0. The summed E-state index contributed by atoms with van der Waals surface area (Å²) < 4.78 is 5.69. The third-order valence-electron chi connectivity index (χ3n) is 4.33. The highest BCUT2D eigenvalue weighted by atomic mass is 16.5. The van der Waals surface area contributed by atoms with E-state index < -0.39 is 0 Å². The van der Waals surface area contributed by atoms with Gasteiger partial charge in [-0.25, -0.2) is 0 Å². The second-order valence-corrected chi connectivity index (χ2v) is 5.83. The third kappa shape index (κ3) is 3.93. The Hall–Kier alpha value is -1.14. The van der Waals surface area contributed by atoms with Crippen LogP contribution < -0.4 is 11.1 Å². The topological polar surface area (TPSA) is 84.7 Å². The van der Waals surface area contributed by atoms with Gasteiger partial charge in [0, 0.05) is 12.6 Å². The van der Waals surface area contributed by atoms with Crippen LogP contribution in [0, 0.1) is 5.92 Å². The van der Waals surface area contributed by atoms with Crippen molar-refractivity contribution in [3.8, 4) is 0 Å². The van der Waals surface area contributed by atoms with Crippen LogP contribution >= 0.6 is 0 Å². The summed E-state index contributed by atoms with van der Waals surface area (Å²) in [5.41, 5.74) is 5.35. The molecule has 3 N–H and O–H groups in total. The van der Waals surface area contributed by atoms with Crippen molar-refractivity contribution in [1.82, 2.24) is 10.2 Å². The minimum Gasteiger partial charge on any atom is -0.369 e. The number of nitrogens with two attached hydrogens (primary N) is 1. The zero-order valence-corrected chi connectivity index (χ0v) is 12.1. The van der Waals surface area contributed by atoms with Crippen LogP contribution in [-0.2, 0) is 14.3 Å². The molecule has 0 aromatic carbocycles. The lowest BCUT2D eigenvalue weighted by atomic mass is 9.93. The molecule has 0 aromatic heterocycles. The molecule has 2 aliphatic rings. The lowest BCUT2D eigenvalue weighted by molar-refractivity contribution is -0.144. The maximum atomic E-state index is 12.3. The number of likely N-dealkylation sites (tertiary alicyclic amines) is 1. The number of nitrogens with one attached hydrogen (secondary N) is 1. The first-order valence-electron chi connectivity index (χ1n) is 7.49. The number of ether oxygens (including phenoxy) is 1. The Bertz CT molecular complexity index is 356. The molecule has 2 aliphatic heterocycles. The normalized spacial score (nSPS) is 28.4. The summed E-state index contributed by atoms with van der Waals surface area (Å²) in [6.07, 6.45) is 3.67. The van der Waals surface area contributed by atoms with Crippen molar-refractivity contribution in [3.05, 3.63) is 0 Å². The summed E-state index contributed by atoms with van der Waals surface area (Å²) in [7, 11) is 0.